The fourth-order valence-electron chi connectivity index (χ4n) is 4.51. The highest BCUT2D eigenvalue weighted by Crippen LogP contribution is 2.38. The van der Waals surface area contributed by atoms with E-state index < -0.39 is 31.8 Å². The molecule has 1 saturated heterocycles. The molecule has 1 saturated carbocycles. The number of rotatable bonds is 9. The second kappa shape index (κ2) is 11.0. The fraction of sp³-hybridized carbons (Fsp3) is 0.333. The molecule has 1 N–H and O–H groups in total. The molecule has 3 aromatic rings. The Morgan fingerprint density at radius 3 is 2.22 bits per heavy atom. The predicted octanol–water partition coefficient (Wildman–Crippen LogP) is 5.74. The summed E-state index contributed by atoms with van der Waals surface area (Å²) < 4.78 is 94.5. The molecular formula is C27H26F3N3O5S3. The molecule has 2 fully saturated rings. The van der Waals surface area contributed by atoms with E-state index in [1.54, 1.807) is 18.2 Å². The lowest BCUT2D eigenvalue weighted by atomic mass is 10.1. The topological polar surface area (TPSA) is 114 Å². The van der Waals surface area contributed by atoms with Crippen LogP contribution in [-0.4, -0.2) is 45.0 Å². The van der Waals surface area contributed by atoms with Gasteiger partial charge in [0, 0.05) is 28.8 Å². The number of aromatic nitrogens is 1. The van der Waals surface area contributed by atoms with Crippen LogP contribution in [0.5, 0.6) is 0 Å². The van der Waals surface area contributed by atoms with Gasteiger partial charge in [-0.15, -0.1) is 0 Å². The van der Waals surface area contributed by atoms with Crippen LogP contribution in [0.2, 0.25) is 0 Å². The maximum absolute atomic E-state index is 13.1. The van der Waals surface area contributed by atoms with Gasteiger partial charge in [-0.05, 0) is 92.8 Å². The Balaban J connectivity index is 1.39. The van der Waals surface area contributed by atoms with Crippen molar-refractivity contribution >= 4 is 43.4 Å². The minimum absolute atomic E-state index is 0.0654. The summed E-state index contributed by atoms with van der Waals surface area (Å²) in [6, 6.07) is 11.6. The van der Waals surface area contributed by atoms with E-state index in [1.807, 2.05) is 0 Å². The Hall–Kier alpha value is -2.94. The lowest BCUT2D eigenvalue weighted by Crippen LogP contribution is -2.27. The molecule has 8 nitrogen and oxygen atoms in total. The summed E-state index contributed by atoms with van der Waals surface area (Å²) in [5.74, 6) is -0.615. The van der Waals surface area contributed by atoms with Crippen molar-refractivity contribution in [3.05, 3.63) is 71.4 Å². The molecule has 1 aromatic heterocycles. The van der Waals surface area contributed by atoms with Crippen molar-refractivity contribution in [3.63, 3.8) is 0 Å². The zero-order valence-electron chi connectivity index (χ0n) is 21.8. The number of sulfonamides is 2. The molecule has 0 spiro atoms. The Morgan fingerprint density at radius 1 is 0.976 bits per heavy atom. The lowest BCUT2D eigenvalue weighted by molar-refractivity contribution is -0.137. The number of hydrogen-bond acceptors (Lipinski definition) is 7. The highest BCUT2D eigenvalue weighted by Gasteiger charge is 2.34. The van der Waals surface area contributed by atoms with Gasteiger partial charge in [-0.3, -0.25) is 9.52 Å². The van der Waals surface area contributed by atoms with Crippen LogP contribution >= 0.6 is 11.8 Å². The molecule has 1 aliphatic heterocycles. The van der Waals surface area contributed by atoms with E-state index >= 15 is 0 Å². The Kier molecular flexibility index (Phi) is 7.96. The van der Waals surface area contributed by atoms with Crippen molar-refractivity contribution in [3.8, 4) is 0 Å². The molecule has 218 valence electrons. The van der Waals surface area contributed by atoms with Gasteiger partial charge in [0.1, 0.15) is 11.5 Å². The summed E-state index contributed by atoms with van der Waals surface area (Å²) in [5.41, 5.74) is -0.993. The Labute approximate surface area is 240 Å². The van der Waals surface area contributed by atoms with Crippen molar-refractivity contribution < 1.29 is 34.8 Å². The number of nitrogens with zero attached hydrogens (tertiary/aromatic N) is 2. The number of halogens is 3. The average molecular weight is 626 g/mol. The van der Waals surface area contributed by atoms with Crippen molar-refractivity contribution in [2.24, 2.45) is 5.92 Å². The summed E-state index contributed by atoms with van der Waals surface area (Å²) in [4.78, 5) is 18.3. The minimum Gasteiger partial charge on any atom is -0.292 e. The van der Waals surface area contributed by atoms with E-state index in [-0.39, 0.29) is 38.6 Å². The number of hydrogen-bond donors (Lipinski definition) is 1. The normalized spacial score (nSPS) is 16.6. The highest BCUT2D eigenvalue weighted by molar-refractivity contribution is 7.99. The van der Waals surface area contributed by atoms with Gasteiger partial charge < -0.3 is 0 Å². The minimum atomic E-state index is -4.62. The summed E-state index contributed by atoms with van der Waals surface area (Å²) in [7, 11) is -7.88. The van der Waals surface area contributed by atoms with Gasteiger partial charge >= 0.3 is 6.18 Å². The van der Waals surface area contributed by atoms with Crippen LogP contribution in [0.1, 0.15) is 47.3 Å². The summed E-state index contributed by atoms with van der Waals surface area (Å²) in [6.07, 6.45) is -1.58. The number of ketones is 1. The number of benzene rings is 2. The number of aryl methyl sites for hydroxylation is 1. The van der Waals surface area contributed by atoms with E-state index in [9.17, 15) is 34.8 Å². The summed E-state index contributed by atoms with van der Waals surface area (Å²) >= 11 is 1.19. The molecular weight excluding hydrogens is 600 g/mol. The quantitative estimate of drug-likeness (QED) is 0.302. The van der Waals surface area contributed by atoms with Crippen LogP contribution in [0.3, 0.4) is 0 Å². The van der Waals surface area contributed by atoms with Gasteiger partial charge in [0.25, 0.3) is 10.0 Å². The first-order chi connectivity index (χ1) is 19.3. The molecule has 0 amide bonds. The van der Waals surface area contributed by atoms with E-state index in [4.69, 9.17) is 0 Å². The second-order valence-electron chi connectivity index (χ2n) is 9.95. The zero-order chi connectivity index (χ0) is 29.6. The number of alkyl halides is 3. The fourth-order valence-corrected chi connectivity index (χ4v) is 8.16. The number of carbonyl (C=O) groups excluding carboxylic acids is 1. The number of Topliss-reactive ketones (excluding diaryl/α,β-unsaturated/α-hetero) is 1. The molecule has 0 atom stereocenters. The number of pyridine rings is 1. The van der Waals surface area contributed by atoms with Crippen molar-refractivity contribution in [1.29, 1.82) is 0 Å². The first-order valence-electron chi connectivity index (χ1n) is 12.8. The molecule has 0 bridgehead atoms. The molecule has 2 aliphatic rings. The predicted molar refractivity (Wildman–Crippen MR) is 147 cm³/mol. The van der Waals surface area contributed by atoms with Crippen LogP contribution in [0, 0.1) is 12.8 Å². The molecule has 1 aliphatic carbocycles. The molecule has 41 heavy (non-hydrogen) atoms. The highest BCUT2D eigenvalue weighted by atomic mass is 32.2. The molecule has 0 radical (unpaired) electrons. The summed E-state index contributed by atoms with van der Waals surface area (Å²) in [6.45, 7) is 2.25. The molecule has 14 heteroatoms. The van der Waals surface area contributed by atoms with E-state index in [1.165, 1.54) is 41.2 Å². The van der Waals surface area contributed by atoms with E-state index in [2.05, 4.69) is 9.71 Å². The van der Waals surface area contributed by atoms with Crippen molar-refractivity contribution in [2.45, 2.75) is 58.4 Å². The molecule has 2 heterocycles. The maximum Gasteiger partial charge on any atom is 0.416 e. The van der Waals surface area contributed by atoms with Gasteiger partial charge in [0.15, 0.2) is 5.78 Å². The summed E-state index contributed by atoms with van der Waals surface area (Å²) in [5, 5.41) is 0. The molecule has 0 unspecified atom stereocenters. The number of nitrogens with one attached hydrogen (secondary N) is 1. The average Bonchev–Trinajstić information content (AvgIpc) is 3.61. The van der Waals surface area contributed by atoms with Crippen LogP contribution in [0.15, 0.2) is 74.2 Å². The first-order valence-corrected chi connectivity index (χ1v) is 16.5. The number of anilines is 1. The maximum atomic E-state index is 13.1. The third-order valence-electron chi connectivity index (χ3n) is 6.82. The van der Waals surface area contributed by atoms with Crippen LogP contribution < -0.4 is 4.72 Å². The van der Waals surface area contributed by atoms with Gasteiger partial charge in [-0.1, -0.05) is 11.8 Å². The SMILES string of the molecule is Cc1cc(C(F)(F)F)ccc1S(=O)(=O)Nc1ccc(Sc2ccc(S(=O)(=O)N3CCCC3)cc2)c(C(=O)C2CC2)n1. The lowest BCUT2D eigenvalue weighted by Gasteiger charge is -2.16. The largest absolute Gasteiger partial charge is 0.416 e. The van der Waals surface area contributed by atoms with E-state index in [0.29, 0.717) is 41.8 Å². The third kappa shape index (κ3) is 6.45. The van der Waals surface area contributed by atoms with Crippen LogP contribution in [-0.2, 0) is 26.2 Å². The molecule has 2 aromatic carbocycles. The van der Waals surface area contributed by atoms with Crippen molar-refractivity contribution in [1.82, 2.24) is 9.29 Å². The Bertz CT molecular complexity index is 1700. The van der Waals surface area contributed by atoms with Crippen LogP contribution in [0.25, 0.3) is 0 Å². The van der Waals surface area contributed by atoms with Gasteiger partial charge in [-0.25, -0.2) is 21.8 Å². The second-order valence-corrected chi connectivity index (χ2v) is 14.7. The van der Waals surface area contributed by atoms with Gasteiger partial charge in [-0.2, -0.15) is 17.5 Å². The number of carbonyl (C=O) groups is 1. The van der Waals surface area contributed by atoms with Crippen LogP contribution in [0.4, 0.5) is 19.0 Å². The monoisotopic (exact) mass is 625 g/mol. The first kappa shape index (κ1) is 29.5. The smallest absolute Gasteiger partial charge is 0.292 e. The van der Waals surface area contributed by atoms with Crippen molar-refractivity contribution in [2.75, 3.05) is 17.8 Å². The molecule has 5 rings (SSSR count). The standard InChI is InChI=1S/C27H26F3N3O5S3/c1-17-16-19(27(28,29)30)6-12-23(17)40(35,36)32-24-13-11-22(25(31-24)26(34)18-4-5-18)39-20-7-9-21(10-8-20)41(37,38)33-14-2-3-15-33/h6-13,16,18H,2-5,14-15H2,1H3,(H,31,32). The van der Waals surface area contributed by atoms with Gasteiger partial charge in [0.2, 0.25) is 10.0 Å². The van der Waals surface area contributed by atoms with E-state index in [0.717, 1.165) is 25.0 Å². The zero-order valence-corrected chi connectivity index (χ0v) is 24.3. The Morgan fingerprint density at radius 2 is 1.63 bits per heavy atom. The van der Waals surface area contributed by atoms with Gasteiger partial charge in [0.05, 0.1) is 15.4 Å². The third-order valence-corrected chi connectivity index (χ3v) is 11.3.